The van der Waals surface area contributed by atoms with Crippen molar-refractivity contribution in [3.8, 4) is 0 Å². The highest BCUT2D eigenvalue weighted by Crippen LogP contribution is 2.07. The van der Waals surface area contributed by atoms with Gasteiger partial charge in [0, 0.05) is 11.3 Å². The van der Waals surface area contributed by atoms with Gasteiger partial charge in [-0.25, -0.2) is 0 Å². The lowest BCUT2D eigenvalue weighted by atomic mass is 10.0. The molecule has 1 N–H and O–H groups in total. The van der Waals surface area contributed by atoms with Crippen LogP contribution in [-0.4, -0.2) is 22.5 Å². The fourth-order valence-corrected chi connectivity index (χ4v) is 0.763. The third kappa shape index (κ3) is 4.30. The van der Waals surface area contributed by atoms with Gasteiger partial charge in [-0.2, -0.15) is 0 Å². The molecule has 1 atom stereocenters. The summed E-state index contributed by atoms with van der Waals surface area (Å²) in [7, 11) is 0. The first-order valence-electron chi connectivity index (χ1n) is 3.42. The summed E-state index contributed by atoms with van der Waals surface area (Å²) in [6.07, 6.45) is 0.571. The van der Waals surface area contributed by atoms with Crippen LogP contribution in [0, 0.1) is 16.0 Å². The van der Waals surface area contributed by atoms with Gasteiger partial charge in [0.25, 0.3) is 0 Å². The highest BCUT2D eigenvalue weighted by molar-refractivity contribution is 5.69. The molecular weight excluding hydrogens is 150 g/mol. The molecule has 0 aliphatic heterocycles. The summed E-state index contributed by atoms with van der Waals surface area (Å²) in [5.41, 5.74) is 0. The molecule has 0 rings (SSSR count). The molecule has 0 spiro atoms. The molecule has 0 aromatic heterocycles. The minimum Gasteiger partial charge on any atom is -0.481 e. The zero-order valence-corrected chi connectivity index (χ0v) is 6.32. The second kappa shape index (κ2) is 4.65. The Morgan fingerprint density at radius 3 is 2.55 bits per heavy atom. The molecule has 0 aliphatic carbocycles. The Morgan fingerprint density at radius 1 is 1.73 bits per heavy atom. The maximum Gasteiger partial charge on any atom is 0.306 e. The lowest BCUT2D eigenvalue weighted by molar-refractivity contribution is -0.481. The Kier molecular flexibility index (Phi) is 4.17. The van der Waals surface area contributed by atoms with Crippen molar-refractivity contribution in [2.24, 2.45) is 5.92 Å². The number of aliphatic carboxylic acids is 1. The molecule has 0 aliphatic rings. The zero-order valence-electron chi connectivity index (χ0n) is 6.32. The largest absolute Gasteiger partial charge is 0.481 e. The van der Waals surface area contributed by atoms with Gasteiger partial charge in [0.2, 0.25) is 6.54 Å². The Balaban J connectivity index is 3.70. The minimum atomic E-state index is -0.950. The molecule has 0 bridgehead atoms. The minimum absolute atomic E-state index is 0.124. The van der Waals surface area contributed by atoms with E-state index in [2.05, 4.69) is 0 Å². The Bertz CT molecular complexity index is 157. The average Bonchev–Trinajstić information content (AvgIpc) is 1.87. The summed E-state index contributed by atoms with van der Waals surface area (Å²) in [5.74, 6) is -1.52. The maximum absolute atomic E-state index is 10.3. The van der Waals surface area contributed by atoms with Crippen LogP contribution in [0.15, 0.2) is 0 Å². The zero-order chi connectivity index (χ0) is 8.85. The van der Waals surface area contributed by atoms with Gasteiger partial charge >= 0.3 is 5.97 Å². The third-order valence-electron chi connectivity index (χ3n) is 1.50. The summed E-state index contributed by atoms with van der Waals surface area (Å²) in [4.78, 5) is 19.7. The Labute approximate surface area is 64.2 Å². The second-order valence-corrected chi connectivity index (χ2v) is 2.29. The summed E-state index contributed by atoms with van der Waals surface area (Å²) in [6.45, 7) is 1.45. The third-order valence-corrected chi connectivity index (χ3v) is 1.50. The molecule has 0 fully saturated rings. The molecule has 0 unspecified atom stereocenters. The first-order valence-corrected chi connectivity index (χ1v) is 3.42. The van der Waals surface area contributed by atoms with E-state index in [1.807, 2.05) is 0 Å². The van der Waals surface area contributed by atoms with Crippen molar-refractivity contribution >= 4 is 5.97 Å². The standard InChI is InChI=1S/C6H11NO4/c1-2-5(6(8)9)3-4-7(10)11/h5H,2-4H2,1H3,(H,8,9)/t5-/m1/s1. The normalized spacial score (nSPS) is 12.5. The van der Waals surface area contributed by atoms with E-state index in [0.717, 1.165) is 0 Å². The molecular formula is C6H11NO4. The Morgan fingerprint density at radius 2 is 2.27 bits per heavy atom. The van der Waals surface area contributed by atoms with Crippen molar-refractivity contribution in [1.29, 1.82) is 0 Å². The SMILES string of the molecule is CC[C@H](CC[N+](=O)[O-])C(=O)O. The molecule has 0 amide bonds. The van der Waals surface area contributed by atoms with Gasteiger partial charge in [0.05, 0.1) is 5.92 Å². The highest BCUT2D eigenvalue weighted by atomic mass is 16.6. The fraction of sp³-hybridized carbons (Fsp3) is 0.833. The van der Waals surface area contributed by atoms with Crippen molar-refractivity contribution in [2.75, 3.05) is 6.54 Å². The summed E-state index contributed by atoms with van der Waals surface area (Å²) in [5, 5.41) is 18.3. The first-order chi connectivity index (χ1) is 5.07. The number of carbonyl (C=O) groups is 1. The van der Waals surface area contributed by atoms with E-state index in [1.54, 1.807) is 6.92 Å². The van der Waals surface area contributed by atoms with Gasteiger partial charge in [-0.05, 0) is 6.42 Å². The molecule has 0 radical (unpaired) electrons. The first kappa shape index (κ1) is 9.87. The number of hydrogen-bond donors (Lipinski definition) is 1. The van der Waals surface area contributed by atoms with E-state index in [4.69, 9.17) is 5.11 Å². The van der Waals surface area contributed by atoms with Crippen LogP contribution in [0.3, 0.4) is 0 Å². The van der Waals surface area contributed by atoms with E-state index < -0.39 is 16.8 Å². The predicted octanol–water partition coefficient (Wildman–Crippen LogP) is 0.764. The van der Waals surface area contributed by atoms with Crippen LogP contribution in [0.2, 0.25) is 0 Å². The number of carboxylic acid groups (broad SMARTS) is 1. The topological polar surface area (TPSA) is 80.4 Å². The van der Waals surface area contributed by atoms with Crippen LogP contribution < -0.4 is 0 Å². The molecule has 0 heterocycles. The van der Waals surface area contributed by atoms with Crippen molar-refractivity contribution in [3.63, 3.8) is 0 Å². The maximum atomic E-state index is 10.3. The van der Waals surface area contributed by atoms with Crippen LogP contribution in [-0.2, 0) is 4.79 Å². The van der Waals surface area contributed by atoms with E-state index >= 15 is 0 Å². The van der Waals surface area contributed by atoms with Crippen LogP contribution in [0.5, 0.6) is 0 Å². The molecule has 5 heteroatoms. The lowest BCUT2D eigenvalue weighted by Gasteiger charge is -2.04. The molecule has 0 saturated carbocycles. The number of rotatable bonds is 5. The van der Waals surface area contributed by atoms with Gasteiger partial charge in [0.15, 0.2) is 0 Å². The van der Waals surface area contributed by atoms with E-state index in [0.29, 0.717) is 6.42 Å². The summed E-state index contributed by atoms with van der Waals surface area (Å²) >= 11 is 0. The summed E-state index contributed by atoms with van der Waals surface area (Å²) < 4.78 is 0. The predicted molar refractivity (Wildman–Crippen MR) is 37.9 cm³/mol. The number of hydrogen-bond acceptors (Lipinski definition) is 3. The van der Waals surface area contributed by atoms with Crippen molar-refractivity contribution in [3.05, 3.63) is 10.1 Å². The van der Waals surface area contributed by atoms with Crippen molar-refractivity contribution < 1.29 is 14.8 Å². The quantitative estimate of drug-likeness (QED) is 0.476. The molecule has 5 nitrogen and oxygen atoms in total. The van der Waals surface area contributed by atoms with Crippen LogP contribution in [0.1, 0.15) is 19.8 Å². The van der Waals surface area contributed by atoms with E-state index in [9.17, 15) is 14.9 Å². The molecule has 11 heavy (non-hydrogen) atoms. The number of carboxylic acids is 1. The molecule has 64 valence electrons. The average molecular weight is 161 g/mol. The molecule has 0 saturated heterocycles. The number of nitrogens with zero attached hydrogens (tertiary/aromatic N) is 1. The van der Waals surface area contributed by atoms with Crippen LogP contribution >= 0.6 is 0 Å². The Hall–Kier alpha value is -1.13. The van der Waals surface area contributed by atoms with Crippen molar-refractivity contribution in [2.45, 2.75) is 19.8 Å². The summed E-state index contributed by atoms with van der Waals surface area (Å²) in [6, 6.07) is 0. The fourth-order valence-electron chi connectivity index (χ4n) is 0.763. The van der Waals surface area contributed by atoms with E-state index in [-0.39, 0.29) is 13.0 Å². The molecule has 0 aromatic rings. The van der Waals surface area contributed by atoms with Crippen LogP contribution in [0.25, 0.3) is 0 Å². The smallest absolute Gasteiger partial charge is 0.306 e. The monoisotopic (exact) mass is 161 g/mol. The van der Waals surface area contributed by atoms with Gasteiger partial charge in [-0.15, -0.1) is 0 Å². The van der Waals surface area contributed by atoms with Crippen LogP contribution in [0.4, 0.5) is 0 Å². The van der Waals surface area contributed by atoms with Gasteiger partial charge in [-0.1, -0.05) is 6.92 Å². The van der Waals surface area contributed by atoms with Crippen molar-refractivity contribution in [1.82, 2.24) is 0 Å². The number of nitro groups is 1. The van der Waals surface area contributed by atoms with Gasteiger partial charge in [0.1, 0.15) is 0 Å². The van der Waals surface area contributed by atoms with Gasteiger partial charge < -0.3 is 5.11 Å². The highest BCUT2D eigenvalue weighted by Gasteiger charge is 2.16. The van der Waals surface area contributed by atoms with E-state index in [1.165, 1.54) is 0 Å². The lowest BCUT2D eigenvalue weighted by Crippen LogP contribution is -2.16. The van der Waals surface area contributed by atoms with Gasteiger partial charge in [-0.3, -0.25) is 14.9 Å². The second-order valence-electron chi connectivity index (χ2n) is 2.29. The molecule has 0 aromatic carbocycles.